The predicted molar refractivity (Wildman–Crippen MR) is 154 cm³/mol. The van der Waals surface area contributed by atoms with E-state index in [1.54, 1.807) is 0 Å². The summed E-state index contributed by atoms with van der Waals surface area (Å²) in [7, 11) is 0. The lowest BCUT2D eigenvalue weighted by Crippen LogP contribution is -2.18. The van der Waals surface area contributed by atoms with Crippen LogP contribution in [-0.2, 0) is 6.42 Å². The first-order valence-corrected chi connectivity index (χ1v) is 12.8. The summed E-state index contributed by atoms with van der Waals surface area (Å²) in [6.45, 7) is 0. The van der Waals surface area contributed by atoms with Crippen molar-refractivity contribution in [3.05, 3.63) is 145 Å². The molecular weight excluding hydrogens is 464 g/mol. The molecule has 2 heterocycles. The number of hydrogen-bond donors (Lipinski definition) is 0. The Hall–Kier alpha value is -5.09. The van der Waals surface area contributed by atoms with Gasteiger partial charge in [0.2, 0.25) is 0 Å². The van der Waals surface area contributed by atoms with Gasteiger partial charge in [-0.3, -0.25) is 0 Å². The van der Waals surface area contributed by atoms with Gasteiger partial charge in [-0.05, 0) is 47.5 Å². The van der Waals surface area contributed by atoms with Gasteiger partial charge in [-0.15, -0.1) is 0 Å². The Balaban J connectivity index is 1.32. The summed E-state index contributed by atoms with van der Waals surface area (Å²) in [5, 5.41) is 0. The maximum Gasteiger partial charge on any atom is 0.164 e. The molecule has 6 aromatic rings. The van der Waals surface area contributed by atoms with Crippen LogP contribution in [0.5, 0.6) is 0 Å². The summed E-state index contributed by atoms with van der Waals surface area (Å²) in [5.74, 6) is 1.98. The van der Waals surface area contributed by atoms with Gasteiger partial charge in [0.25, 0.3) is 0 Å². The Morgan fingerprint density at radius 3 is 1.26 bits per heavy atom. The fourth-order valence-electron chi connectivity index (χ4n) is 5.07. The number of nitrogens with zero attached hydrogens (tertiary/aromatic N) is 4. The Morgan fingerprint density at radius 2 is 0.789 bits per heavy atom. The standard InChI is InChI=1S/C34H24N4/c1-3-11-24(12-4-1)32-35-33(25-13-5-2-6-14-25)37-34(36-32)26-19-21-29(22-20-26)38-30-17-9-7-15-27(30)23-28-16-8-10-18-31(28)38/h1-22H,23H2. The summed E-state index contributed by atoms with van der Waals surface area (Å²) in [5.41, 5.74) is 9.07. The normalized spacial score (nSPS) is 12.1. The van der Waals surface area contributed by atoms with E-state index in [2.05, 4.69) is 77.7 Å². The highest BCUT2D eigenvalue weighted by molar-refractivity contribution is 5.84. The van der Waals surface area contributed by atoms with E-state index in [4.69, 9.17) is 15.0 Å². The first-order chi connectivity index (χ1) is 18.8. The molecule has 0 saturated carbocycles. The second-order valence-corrected chi connectivity index (χ2v) is 9.35. The lowest BCUT2D eigenvalue weighted by Gasteiger charge is -2.33. The molecule has 0 fully saturated rings. The van der Waals surface area contributed by atoms with Crippen LogP contribution in [0.1, 0.15) is 11.1 Å². The summed E-state index contributed by atoms with van der Waals surface area (Å²) in [6.07, 6.45) is 0.941. The van der Waals surface area contributed by atoms with Gasteiger partial charge in [-0.1, -0.05) is 97.1 Å². The Kier molecular flexibility index (Phi) is 5.48. The third-order valence-electron chi connectivity index (χ3n) is 6.93. The van der Waals surface area contributed by atoms with Gasteiger partial charge in [0.1, 0.15) is 0 Å². The Bertz CT molecular complexity index is 1630. The molecule has 1 aliphatic rings. The van der Waals surface area contributed by atoms with Crippen LogP contribution in [0.4, 0.5) is 17.1 Å². The fourth-order valence-corrected chi connectivity index (χ4v) is 5.07. The molecule has 0 spiro atoms. The minimum atomic E-state index is 0.656. The first-order valence-electron chi connectivity index (χ1n) is 12.8. The maximum atomic E-state index is 4.88. The third-order valence-corrected chi connectivity index (χ3v) is 6.93. The van der Waals surface area contributed by atoms with Gasteiger partial charge in [-0.2, -0.15) is 0 Å². The number of para-hydroxylation sites is 2. The van der Waals surface area contributed by atoms with E-state index in [0.717, 1.165) is 28.8 Å². The van der Waals surface area contributed by atoms with E-state index in [1.807, 2.05) is 60.7 Å². The monoisotopic (exact) mass is 488 g/mol. The summed E-state index contributed by atoms with van der Waals surface area (Å²) < 4.78 is 0. The molecule has 4 heteroatoms. The van der Waals surface area contributed by atoms with Crippen LogP contribution >= 0.6 is 0 Å². The van der Waals surface area contributed by atoms with E-state index in [9.17, 15) is 0 Å². The molecule has 180 valence electrons. The van der Waals surface area contributed by atoms with Crippen LogP contribution in [-0.4, -0.2) is 15.0 Å². The number of aromatic nitrogens is 3. The molecule has 1 aliphatic heterocycles. The van der Waals surface area contributed by atoms with Crippen LogP contribution < -0.4 is 4.90 Å². The summed E-state index contributed by atoms with van der Waals surface area (Å²) in [4.78, 5) is 16.9. The van der Waals surface area contributed by atoms with Crippen molar-refractivity contribution in [2.75, 3.05) is 4.90 Å². The van der Waals surface area contributed by atoms with Gasteiger partial charge < -0.3 is 4.90 Å². The van der Waals surface area contributed by atoms with Crippen LogP contribution in [0.25, 0.3) is 34.2 Å². The zero-order valence-corrected chi connectivity index (χ0v) is 20.7. The molecule has 0 N–H and O–H groups in total. The van der Waals surface area contributed by atoms with Crippen LogP contribution in [0, 0.1) is 0 Å². The largest absolute Gasteiger partial charge is 0.310 e. The number of anilines is 3. The zero-order chi connectivity index (χ0) is 25.3. The molecule has 0 unspecified atom stereocenters. The zero-order valence-electron chi connectivity index (χ0n) is 20.7. The average molecular weight is 489 g/mol. The topological polar surface area (TPSA) is 41.9 Å². The number of benzene rings is 5. The quantitative estimate of drug-likeness (QED) is 0.250. The third kappa shape index (κ3) is 4.02. The summed E-state index contributed by atoms with van der Waals surface area (Å²) in [6, 6.07) is 45.9. The minimum Gasteiger partial charge on any atom is -0.310 e. The lowest BCUT2D eigenvalue weighted by atomic mass is 9.95. The van der Waals surface area contributed by atoms with Crippen LogP contribution in [0.15, 0.2) is 133 Å². The van der Waals surface area contributed by atoms with Crippen molar-refractivity contribution in [3.8, 4) is 34.2 Å². The van der Waals surface area contributed by atoms with Crippen molar-refractivity contribution >= 4 is 17.1 Å². The van der Waals surface area contributed by atoms with Crippen molar-refractivity contribution in [2.45, 2.75) is 6.42 Å². The van der Waals surface area contributed by atoms with Crippen LogP contribution in [0.2, 0.25) is 0 Å². The smallest absolute Gasteiger partial charge is 0.164 e. The van der Waals surface area contributed by atoms with Crippen molar-refractivity contribution in [3.63, 3.8) is 0 Å². The highest BCUT2D eigenvalue weighted by Crippen LogP contribution is 2.43. The van der Waals surface area contributed by atoms with Gasteiger partial charge in [0.05, 0.1) is 0 Å². The average Bonchev–Trinajstić information content (AvgIpc) is 3.00. The molecule has 0 saturated heterocycles. The Morgan fingerprint density at radius 1 is 0.395 bits per heavy atom. The van der Waals surface area contributed by atoms with E-state index < -0.39 is 0 Å². The molecule has 7 rings (SSSR count). The molecule has 5 aromatic carbocycles. The SMILES string of the molecule is c1ccc(-c2nc(-c3ccccc3)nc(-c3ccc(N4c5ccccc5Cc5ccccc54)cc3)n2)cc1. The van der Waals surface area contributed by atoms with Crippen molar-refractivity contribution < 1.29 is 0 Å². The second kappa shape index (κ2) is 9.41. The van der Waals surface area contributed by atoms with Gasteiger partial charge in [0.15, 0.2) is 17.5 Å². The maximum absolute atomic E-state index is 4.88. The molecular formula is C34H24N4. The van der Waals surface area contributed by atoms with Crippen molar-refractivity contribution in [2.24, 2.45) is 0 Å². The summed E-state index contributed by atoms with van der Waals surface area (Å²) >= 11 is 0. The predicted octanol–water partition coefficient (Wildman–Crippen LogP) is 8.25. The van der Waals surface area contributed by atoms with Crippen molar-refractivity contribution in [1.29, 1.82) is 0 Å². The molecule has 0 radical (unpaired) electrons. The van der Waals surface area contributed by atoms with Crippen LogP contribution in [0.3, 0.4) is 0 Å². The fraction of sp³-hybridized carbons (Fsp3) is 0.0294. The molecule has 38 heavy (non-hydrogen) atoms. The molecule has 4 nitrogen and oxygen atoms in total. The number of hydrogen-bond acceptors (Lipinski definition) is 4. The van der Waals surface area contributed by atoms with Gasteiger partial charge in [-0.25, -0.2) is 15.0 Å². The van der Waals surface area contributed by atoms with E-state index >= 15 is 0 Å². The Labute approximate surface area is 221 Å². The van der Waals surface area contributed by atoms with Gasteiger partial charge >= 0.3 is 0 Å². The van der Waals surface area contributed by atoms with Crippen molar-refractivity contribution in [1.82, 2.24) is 15.0 Å². The van der Waals surface area contributed by atoms with E-state index in [0.29, 0.717) is 17.5 Å². The van der Waals surface area contributed by atoms with E-state index in [1.165, 1.54) is 22.5 Å². The van der Waals surface area contributed by atoms with Gasteiger partial charge in [0, 0.05) is 40.2 Å². The molecule has 1 aromatic heterocycles. The molecule has 0 atom stereocenters. The number of rotatable bonds is 4. The lowest BCUT2D eigenvalue weighted by molar-refractivity contribution is 1.07. The first kappa shape index (κ1) is 22.1. The highest BCUT2D eigenvalue weighted by Gasteiger charge is 2.23. The highest BCUT2D eigenvalue weighted by atomic mass is 15.2. The minimum absolute atomic E-state index is 0.656. The molecule has 0 bridgehead atoms. The molecule has 0 amide bonds. The number of fused-ring (bicyclic) bond motifs is 2. The molecule has 0 aliphatic carbocycles. The second-order valence-electron chi connectivity index (χ2n) is 9.35. The van der Waals surface area contributed by atoms with E-state index in [-0.39, 0.29) is 0 Å².